The molecule has 1 fully saturated rings. The number of anilines is 1. The Morgan fingerprint density at radius 3 is 2.70 bits per heavy atom. The van der Waals surface area contributed by atoms with Gasteiger partial charge in [0.1, 0.15) is 0 Å². The van der Waals surface area contributed by atoms with Gasteiger partial charge >= 0.3 is 0 Å². The number of rotatable bonds is 7. The van der Waals surface area contributed by atoms with Crippen molar-refractivity contribution < 1.29 is 4.74 Å². The van der Waals surface area contributed by atoms with E-state index in [1.54, 1.807) is 0 Å². The van der Waals surface area contributed by atoms with E-state index in [-0.39, 0.29) is 5.60 Å². The Kier molecular flexibility index (Phi) is 5.44. The van der Waals surface area contributed by atoms with Gasteiger partial charge in [0.2, 0.25) is 0 Å². The van der Waals surface area contributed by atoms with E-state index in [1.165, 1.54) is 18.5 Å². The van der Waals surface area contributed by atoms with E-state index in [0.717, 1.165) is 26.1 Å². The number of nitrogens with zero attached hydrogens (tertiary/aromatic N) is 1. The van der Waals surface area contributed by atoms with E-state index >= 15 is 0 Å². The highest BCUT2D eigenvalue weighted by Crippen LogP contribution is 2.28. The minimum Gasteiger partial charge on any atom is -0.375 e. The van der Waals surface area contributed by atoms with Crippen LogP contribution >= 0.6 is 0 Å². The number of para-hydroxylation sites is 1. The lowest BCUT2D eigenvalue weighted by atomic mass is 10.1. The van der Waals surface area contributed by atoms with Crippen LogP contribution in [-0.2, 0) is 4.74 Å². The van der Waals surface area contributed by atoms with Crippen LogP contribution in [-0.4, -0.2) is 38.4 Å². The van der Waals surface area contributed by atoms with Gasteiger partial charge in [0.15, 0.2) is 0 Å². The van der Waals surface area contributed by atoms with Crippen molar-refractivity contribution in [3.05, 3.63) is 30.3 Å². The van der Waals surface area contributed by atoms with Crippen molar-refractivity contribution in [3.8, 4) is 0 Å². The van der Waals surface area contributed by atoms with Crippen LogP contribution in [0.4, 0.5) is 5.69 Å². The lowest BCUT2D eigenvalue weighted by Crippen LogP contribution is -2.31. The van der Waals surface area contributed by atoms with E-state index in [4.69, 9.17) is 4.74 Å². The molecule has 112 valence electrons. The normalized spacial score (nSPS) is 21.1. The molecule has 0 bridgehead atoms. The monoisotopic (exact) mass is 276 g/mol. The lowest BCUT2D eigenvalue weighted by Gasteiger charge is -2.21. The molecule has 0 radical (unpaired) electrons. The van der Waals surface area contributed by atoms with Gasteiger partial charge in [-0.05, 0) is 51.8 Å². The Hall–Kier alpha value is -1.06. The average molecular weight is 276 g/mol. The van der Waals surface area contributed by atoms with Gasteiger partial charge in [0.25, 0.3) is 0 Å². The van der Waals surface area contributed by atoms with Crippen LogP contribution < -0.4 is 10.2 Å². The smallest absolute Gasteiger partial charge is 0.0707 e. The highest BCUT2D eigenvalue weighted by atomic mass is 16.5. The van der Waals surface area contributed by atoms with Crippen molar-refractivity contribution in [2.75, 3.05) is 31.6 Å². The zero-order valence-corrected chi connectivity index (χ0v) is 13.1. The van der Waals surface area contributed by atoms with Crippen LogP contribution in [0.3, 0.4) is 0 Å². The molecule has 1 N–H and O–H groups in total. The summed E-state index contributed by atoms with van der Waals surface area (Å²) < 4.78 is 5.97. The molecule has 1 aromatic rings. The molecule has 3 heteroatoms. The van der Waals surface area contributed by atoms with Crippen molar-refractivity contribution in [1.82, 2.24) is 5.32 Å². The lowest BCUT2D eigenvalue weighted by molar-refractivity contribution is -0.0141. The van der Waals surface area contributed by atoms with Gasteiger partial charge < -0.3 is 15.0 Å². The minimum atomic E-state index is 0.0832. The molecule has 3 nitrogen and oxygen atoms in total. The summed E-state index contributed by atoms with van der Waals surface area (Å²) in [7, 11) is 2.15. The second kappa shape index (κ2) is 7.09. The molecule has 1 unspecified atom stereocenters. The van der Waals surface area contributed by atoms with E-state index in [0.29, 0.717) is 6.10 Å². The second-order valence-electron chi connectivity index (χ2n) is 6.35. The molecule has 0 saturated carbocycles. The molecular formula is C17H28N2O. The third kappa shape index (κ3) is 4.80. The minimum absolute atomic E-state index is 0.0832. The van der Waals surface area contributed by atoms with Gasteiger partial charge in [-0.3, -0.25) is 0 Å². The summed E-state index contributed by atoms with van der Waals surface area (Å²) in [5, 5.41) is 3.52. The van der Waals surface area contributed by atoms with Crippen LogP contribution in [0.1, 0.15) is 33.1 Å². The molecule has 0 amide bonds. The third-order valence-electron chi connectivity index (χ3n) is 3.97. The second-order valence-corrected chi connectivity index (χ2v) is 6.35. The fourth-order valence-corrected chi connectivity index (χ4v) is 2.74. The van der Waals surface area contributed by atoms with Crippen molar-refractivity contribution in [2.24, 2.45) is 0 Å². The van der Waals surface area contributed by atoms with Crippen LogP contribution in [0, 0.1) is 0 Å². The first-order chi connectivity index (χ1) is 9.57. The SMILES string of the molecule is CN(CCCNCC1CCC(C)(C)O1)c1ccccc1. The first kappa shape index (κ1) is 15.3. The number of benzene rings is 1. The maximum atomic E-state index is 5.97. The summed E-state index contributed by atoms with van der Waals surface area (Å²) in [6.07, 6.45) is 3.92. The van der Waals surface area contributed by atoms with Crippen LogP contribution in [0.5, 0.6) is 0 Å². The quantitative estimate of drug-likeness (QED) is 0.775. The standard InChI is InChI=1S/C17H28N2O/c1-17(2)11-10-16(20-17)14-18-12-7-13-19(3)15-8-5-4-6-9-15/h4-6,8-9,16,18H,7,10-14H2,1-3H3. The number of nitrogens with one attached hydrogen (secondary N) is 1. The van der Waals surface area contributed by atoms with Gasteiger partial charge in [-0.2, -0.15) is 0 Å². The molecule has 1 saturated heterocycles. The highest BCUT2D eigenvalue weighted by Gasteiger charge is 2.30. The molecule has 1 aliphatic rings. The van der Waals surface area contributed by atoms with Gasteiger partial charge in [0, 0.05) is 25.8 Å². The Morgan fingerprint density at radius 2 is 2.05 bits per heavy atom. The molecule has 1 atom stereocenters. The van der Waals surface area contributed by atoms with Gasteiger partial charge in [-0.25, -0.2) is 0 Å². The van der Waals surface area contributed by atoms with E-state index in [1.807, 2.05) is 0 Å². The number of hydrogen-bond acceptors (Lipinski definition) is 3. The van der Waals surface area contributed by atoms with Crippen LogP contribution in [0.15, 0.2) is 30.3 Å². The zero-order chi connectivity index (χ0) is 14.4. The van der Waals surface area contributed by atoms with Gasteiger partial charge in [-0.15, -0.1) is 0 Å². The van der Waals surface area contributed by atoms with Crippen molar-refractivity contribution in [1.29, 1.82) is 0 Å². The summed E-state index contributed by atoms with van der Waals surface area (Å²) >= 11 is 0. The summed E-state index contributed by atoms with van der Waals surface area (Å²) in [5.41, 5.74) is 1.37. The zero-order valence-electron chi connectivity index (χ0n) is 13.1. The highest BCUT2D eigenvalue weighted by molar-refractivity contribution is 5.44. The van der Waals surface area contributed by atoms with Crippen molar-refractivity contribution >= 4 is 5.69 Å². The summed E-state index contributed by atoms with van der Waals surface area (Å²) in [6, 6.07) is 10.5. The third-order valence-corrected chi connectivity index (χ3v) is 3.97. The van der Waals surface area contributed by atoms with Gasteiger partial charge in [-0.1, -0.05) is 18.2 Å². The fourth-order valence-electron chi connectivity index (χ4n) is 2.74. The Bertz CT molecular complexity index is 391. The number of hydrogen-bond donors (Lipinski definition) is 1. The average Bonchev–Trinajstić information content (AvgIpc) is 2.78. The molecule has 0 aliphatic carbocycles. The molecular weight excluding hydrogens is 248 g/mol. The maximum Gasteiger partial charge on any atom is 0.0707 e. The van der Waals surface area contributed by atoms with Crippen LogP contribution in [0.2, 0.25) is 0 Å². The van der Waals surface area contributed by atoms with E-state index in [2.05, 4.69) is 61.4 Å². The van der Waals surface area contributed by atoms with Crippen molar-refractivity contribution in [2.45, 2.75) is 44.8 Å². The first-order valence-corrected chi connectivity index (χ1v) is 7.71. The first-order valence-electron chi connectivity index (χ1n) is 7.71. The molecule has 20 heavy (non-hydrogen) atoms. The molecule has 0 aromatic heterocycles. The topological polar surface area (TPSA) is 24.5 Å². The predicted molar refractivity (Wildman–Crippen MR) is 85.4 cm³/mol. The Labute approximate surface area is 123 Å². The molecule has 0 spiro atoms. The fraction of sp³-hybridized carbons (Fsp3) is 0.647. The molecule has 1 aromatic carbocycles. The summed E-state index contributed by atoms with van der Waals surface area (Å²) in [4.78, 5) is 2.30. The Morgan fingerprint density at radius 1 is 1.30 bits per heavy atom. The molecule has 1 aliphatic heterocycles. The molecule has 2 rings (SSSR count). The Balaban J connectivity index is 1.56. The maximum absolute atomic E-state index is 5.97. The summed E-state index contributed by atoms with van der Waals surface area (Å²) in [6.45, 7) is 7.48. The number of ether oxygens (including phenoxy) is 1. The largest absolute Gasteiger partial charge is 0.375 e. The van der Waals surface area contributed by atoms with Crippen molar-refractivity contribution in [3.63, 3.8) is 0 Å². The van der Waals surface area contributed by atoms with E-state index in [9.17, 15) is 0 Å². The van der Waals surface area contributed by atoms with E-state index < -0.39 is 0 Å². The van der Waals surface area contributed by atoms with Gasteiger partial charge in [0.05, 0.1) is 11.7 Å². The van der Waals surface area contributed by atoms with Crippen LogP contribution in [0.25, 0.3) is 0 Å². The summed E-state index contributed by atoms with van der Waals surface area (Å²) in [5.74, 6) is 0. The molecule has 1 heterocycles. The predicted octanol–water partition coefficient (Wildman–Crippen LogP) is 3.06.